The molecule has 2 aliphatic rings. The molecule has 3 aromatic rings. The molecule has 2 heterocycles. The van der Waals surface area contributed by atoms with Crippen LogP contribution in [0.15, 0.2) is 42.6 Å². The van der Waals surface area contributed by atoms with E-state index in [1.807, 2.05) is 30.5 Å². The van der Waals surface area contributed by atoms with E-state index in [9.17, 15) is 4.39 Å². The third-order valence-corrected chi connectivity index (χ3v) is 6.05. The van der Waals surface area contributed by atoms with Crippen LogP contribution in [0.5, 0.6) is 17.2 Å². The minimum absolute atomic E-state index is 0.0555. The molecule has 0 saturated heterocycles. The average molecular weight is 396 g/mol. The van der Waals surface area contributed by atoms with Crippen LogP contribution >= 0.6 is 0 Å². The van der Waals surface area contributed by atoms with E-state index in [-0.39, 0.29) is 11.9 Å². The molecule has 1 aromatic heterocycles. The number of fused-ring (bicyclic) bond motifs is 2. The molecule has 0 bridgehead atoms. The minimum Gasteiger partial charge on any atom is -0.493 e. The van der Waals surface area contributed by atoms with E-state index in [0.29, 0.717) is 30.1 Å². The van der Waals surface area contributed by atoms with Crippen LogP contribution in [0.3, 0.4) is 0 Å². The monoisotopic (exact) mass is 396 g/mol. The van der Waals surface area contributed by atoms with Crippen molar-refractivity contribution in [3.8, 4) is 17.2 Å². The molecule has 1 aliphatic heterocycles. The number of aromatic amines is 1. The molecule has 0 spiro atoms. The van der Waals surface area contributed by atoms with E-state index < -0.39 is 0 Å². The van der Waals surface area contributed by atoms with Gasteiger partial charge in [-0.2, -0.15) is 0 Å². The van der Waals surface area contributed by atoms with Gasteiger partial charge in [0.25, 0.3) is 0 Å². The van der Waals surface area contributed by atoms with Gasteiger partial charge in [-0.25, -0.2) is 4.39 Å². The predicted molar refractivity (Wildman–Crippen MR) is 110 cm³/mol. The van der Waals surface area contributed by atoms with Gasteiger partial charge in [-0.05, 0) is 61.1 Å². The third-order valence-electron chi connectivity index (χ3n) is 6.05. The maximum atomic E-state index is 13.7. The van der Waals surface area contributed by atoms with Gasteiger partial charge in [0.1, 0.15) is 18.5 Å². The third kappa shape index (κ3) is 3.53. The van der Waals surface area contributed by atoms with E-state index in [1.54, 1.807) is 13.2 Å². The van der Waals surface area contributed by atoms with Gasteiger partial charge in [-0.1, -0.05) is 6.07 Å². The largest absolute Gasteiger partial charge is 0.493 e. The van der Waals surface area contributed by atoms with Gasteiger partial charge in [0.05, 0.1) is 7.11 Å². The Labute approximate surface area is 169 Å². The second-order valence-corrected chi connectivity index (χ2v) is 7.89. The lowest BCUT2D eigenvalue weighted by Crippen LogP contribution is -2.41. The maximum Gasteiger partial charge on any atom is 0.204 e. The molecule has 0 radical (unpaired) electrons. The lowest BCUT2D eigenvalue weighted by atomic mass is 9.97. The van der Waals surface area contributed by atoms with Gasteiger partial charge < -0.3 is 24.5 Å². The first-order chi connectivity index (χ1) is 14.2. The summed E-state index contributed by atoms with van der Waals surface area (Å²) in [5.41, 5.74) is 2.22. The number of rotatable bonds is 5. The molecule has 2 N–H and O–H groups in total. The van der Waals surface area contributed by atoms with Crippen LogP contribution in [0.4, 0.5) is 4.39 Å². The fourth-order valence-corrected chi connectivity index (χ4v) is 4.57. The summed E-state index contributed by atoms with van der Waals surface area (Å²) in [4.78, 5) is 3.28. The summed E-state index contributed by atoms with van der Waals surface area (Å²) in [6.45, 7) is 1.24. The Morgan fingerprint density at radius 3 is 3.07 bits per heavy atom. The van der Waals surface area contributed by atoms with Crippen LogP contribution in [0.25, 0.3) is 10.9 Å². The Bertz CT molecular complexity index is 1000. The summed E-state index contributed by atoms with van der Waals surface area (Å²) < 4.78 is 31.0. The summed E-state index contributed by atoms with van der Waals surface area (Å²) in [6, 6.07) is 11.0. The fourth-order valence-electron chi connectivity index (χ4n) is 4.57. The SMILES string of the molecule is COc1cccc2c1O[C@@H](CN[C@H]1CC[C@@H](c3c[nH]c4ccc(F)cc34)C1)CO2. The maximum absolute atomic E-state index is 13.7. The molecule has 2 aromatic carbocycles. The van der Waals surface area contributed by atoms with Gasteiger partial charge in [0.2, 0.25) is 5.75 Å². The lowest BCUT2D eigenvalue weighted by molar-refractivity contribution is 0.0844. The van der Waals surface area contributed by atoms with Crippen molar-refractivity contribution < 1.29 is 18.6 Å². The first-order valence-corrected chi connectivity index (χ1v) is 10.2. The van der Waals surface area contributed by atoms with Crippen LogP contribution < -0.4 is 19.5 Å². The number of nitrogens with one attached hydrogen (secondary N) is 2. The minimum atomic E-state index is -0.184. The van der Waals surface area contributed by atoms with Crippen molar-refractivity contribution in [2.24, 2.45) is 0 Å². The number of methoxy groups -OCH3 is 1. The zero-order valence-corrected chi connectivity index (χ0v) is 16.4. The van der Waals surface area contributed by atoms with Crippen LogP contribution in [0.2, 0.25) is 0 Å². The standard InChI is InChI=1S/C23H25FN2O3/c1-27-21-3-2-4-22-23(21)29-17(13-28-22)11-25-16-7-5-14(9-16)19-12-26-20-8-6-15(24)10-18(19)20/h2-4,6,8,10,12,14,16-17,25-26H,5,7,9,11,13H2,1H3/t14-,16+,17+/m1/s1. The zero-order valence-electron chi connectivity index (χ0n) is 16.4. The molecule has 1 saturated carbocycles. The molecule has 29 heavy (non-hydrogen) atoms. The van der Waals surface area contributed by atoms with Gasteiger partial charge in [0.15, 0.2) is 11.5 Å². The molecular weight excluding hydrogens is 371 g/mol. The number of hydrogen-bond donors (Lipinski definition) is 2. The number of aromatic nitrogens is 1. The first kappa shape index (κ1) is 18.3. The van der Waals surface area contributed by atoms with E-state index in [2.05, 4.69) is 10.3 Å². The smallest absolute Gasteiger partial charge is 0.204 e. The number of H-pyrrole nitrogens is 1. The quantitative estimate of drug-likeness (QED) is 0.672. The van der Waals surface area contributed by atoms with Crippen molar-refractivity contribution in [1.82, 2.24) is 10.3 Å². The fraction of sp³-hybridized carbons (Fsp3) is 0.391. The van der Waals surface area contributed by atoms with Crippen molar-refractivity contribution in [2.75, 3.05) is 20.3 Å². The van der Waals surface area contributed by atoms with Gasteiger partial charge in [-0.15, -0.1) is 0 Å². The molecule has 1 aliphatic carbocycles. The number of para-hydroxylation sites is 1. The van der Waals surface area contributed by atoms with E-state index >= 15 is 0 Å². The molecule has 3 atom stereocenters. The van der Waals surface area contributed by atoms with Crippen molar-refractivity contribution in [1.29, 1.82) is 0 Å². The molecular formula is C23H25FN2O3. The number of ether oxygens (including phenoxy) is 3. The number of benzene rings is 2. The van der Waals surface area contributed by atoms with Crippen LogP contribution in [-0.2, 0) is 0 Å². The first-order valence-electron chi connectivity index (χ1n) is 10.2. The molecule has 0 amide bonds. The topological polar surface area (TPSA) is 55.5 Å². The Kier molecular flexibility index (Phi) is 4.79. The van der Waals surface area contributed by atoms with Crippen molar-refractivity contribution >= 4 is 10.9 Å². The van der Waals surface area contributed by atoms with Crippen molar-refractivity contribution in [2.45, 2.75) is 37.3 Å². The van der Waals surface area contributed by atoms with Gasteiger partial charge in [-0.3, -0.25) is 0 Å². The normalized spacial score (nSPS) is 23.4. The highest BCUT2D eigenvalue weighted by Crippen LogP contribution is 2.41. The Balaban J connectivity index is 1.20. The molecule has 5 nitrogen and oxygen atoms in total. The second kappa shape index (κ2) is 7.59. The Morgan fingerprint density at radius 1 is 1.24 bits per heavy atom. The molecule has 0 unspecified atom stereocenters. The Morgan fingerprint density at radius 2 is 2.17 bits per heavy atom. The zero-order chi connectivity index (χ0) is 19.8. The molecule has 152 valence electrons. The summed E-state index contributed by atoms with van der Waals surface area (Å²) in [7, 11) is 1.64. The highest BCUT2D eigenvalue weighted by atomic mass is 19.1. The van der Waals surface area contributed by atoms with Crippen LogP contribution in [-0.4, -0.2) is 37.4 Å². The number of halogens is 1. The summed E-state index contributed by atoms with van der Waals surface area (Å²) in [5.74, 6) is 2.36. The van der Waals surface area contributed by atoms with Gasteiger partial charge >= 0.3 is 0 Å². The van der Waals surface area contributed by atoms with E-state index in [4.69, 9.17) is 14.2 Å². The predicted octanol–water partition coefficient (Wildman–Crippen LogP) is 4.38. The average Bonchev–Trinajstić information content (AvgIpc) is 3.38. The van der Waals surface area contributed by atoms with Crippen LogP contribution in [0, 0.1) is 5.82 Å². The highest BCUT2D eigenvalue weighted by Gasteiger charge is 2.29. The summed E-state index contributed by atoms with van der Waals surface area (Å²) >= 11 is 0. The second-order valence-electron chi connectivity index (χ2n) is 7.89. The summed E-state index contributed by atoms with van der Waals surface area (Å²) in [6.07, 6.45) is 5.22. The Hall–Kier alpha value is -2.73. The van der Waals surface area contributed by atoms with Crippen LogP contribution in [0.1, 0.15) is 30.7 Å². The summed E-state index contributed by atoms with van der Waals surface area (Å²) in [5, 5.41) is 4.64. The molecule has 5 rings (SSSR count). The number of hydrogen-bond acceptors (Lipinski definition) is 4. The molecule has 1 fully saturated rings. The van der Waals surface area contributed by atoms with E-state index in [0.717, 1.165) is 42.5 Å². The van der Waals surface area contributed by atoms with Crippen molar-refractivity contribution in [3.63, 3.8) is 0 Å². The van der Waals surface area contributed by atoms with Crippen molar-refractivity contribution in [3.05, 3.63) is 54.0 Å². The highest BCUT2D eigenvalue weighted by molar-refractivity contribution is 5.83. The molecule has 6 heteroatoms. The lowest BCUT2D eigenvalue weighted by Gasteiger charge is -2.28. The van der Waals surface area contributed by atoms with E-state index in [1.165, 1.54) is 11.6 Å². The van der Waals surface area contributed by atoms with Gasteiger partial charge in [0, 0.05) is 29.7 Å².